The zero-order valence-corrected chi connectivity index (χ0v) is 19.6. The summed E-state index contributed by atoms with van der Waals surface area (Å²) in [5.74, 6) is 0.893. The molecule has 12 heteroatoms. The fourth-order valence-corrected chi connectivity index (χ4v) is 4.90. The quantitative estimate of drug-likeness (QED) is 0.380. The fraction of sp³-hybridized carbons (Fsp3) is 0.417. The van der Waals surface area contributed by atoms with Gasteiger partial charge in [0.1, 0.15) is 23.4 Å². The number of hydrogen-bond acceptors (Lipinski definition) is 8. The van der Waals surface area contributed by atoms with Gasteiger partial charge in [-0.2, -0.15) is 9.61 Å². The number of aliphatic hydroxyl groups is 1. The number of pyridine rings is 1. The first-order valence-corrected chi connectivity index (χ1v) is 11.9. The van der Waals surface area contributed by atoms with Crippen molar-refractivity contribution in [3.63, 3.8) is 0 Å². The fourth-order valence-electron chi connectivity index (χ4n) is 4.90. The Hall–Kier alpha value is -3.61. The van der Waals surface area contributed by atoms with Gasteiger partial charge in [-0.05, 0) is 18.6 Å². The summed E-state index contributed by atoms with van der Waals surface area (Å²) in [5.41, 5.74) is 2.80. The number of anilines is 1. The molecule has 2 aromatic rings. The van der Waals surface area contributed by atoms with E-state index in [4.69, 9.17) is 14.5 Å². The van der Waals surface area contributed by atoms with E-state index in [9.17, 15) is 14.3 Å². The van der Waals surface area contributed by atoms with Gasteiger partial charge in [-0.15, -0.1) is 0 Å². The van der Waals surface area contributed by atoms with Gasteiger partial charge in [0.15, 0.2) is 5.65 Å². The average molecular weight is 496 g/mol. The van der Waals surface area contributed by atoms with Gasteiger partial charge in [0.2, 0.25) is 0 Å². The van der Waals surface area contributed by atoms with Crippen molar-refractivity contribution >= 4 is 17.4 Å². The van der Waals surface area contributed by atoms with E-state index >= 15 is 0 Å². The second-order valence-electron chi connectivity index (χ2n) is 9.03. The number of hydrogen-bond donors (Lipinski definition) is 3. The first kappa shape index (κ1) is 22.8. The number of carbonyl (C=O) groups is 1. The Labute approximate surface area is 205 Å². The lowest BCUT2D eigenvalue weighted by Gasteiger charge is -2.29. The summed E-state index contributed by atoms with van der Waals surface area (Å²) in [5, 5.41) is 20.2. The molecule has 3 N–H and O–H groups in total. The van der Waals surface area contributed by atoms with E-state index in [1.807, 2.05) is 29.0 Å². The lowest BCUT2D eigenvalue weighted by molar-refractivity contribution is 0.00346. The zero-order chi connectivity index (χ0) is 24.8. The Morgan fingerprint density at radius 3 is 2.89 bits per heavy atom. The van der Waals surface area contributed by atoms with Crippen LogP contribution in [0.2, 0.25) is 0 Å². The van der Waals surface area contributed by atoms with Gasteiger partial charge >= 0.3 is 0 Å². The molecular weight excluding hydrogens is 469 g/mol. The Balaban J connectivity index is 1.39. The maximum absolute atomic E-state index is 14.7. The number of rotatable bonds is 5. The topological polar surface area (TPSA) is 128 Å². The summed E-state index contributed by atoms with van der Waals surface area (Å²) in [6, 6.07) is 4.78. The largest absolute Gasteiger partial charge is 0.388 e. The Kier molecular flexibility index (Phi) is 5.78. The van der Waals surface area contributed by atoms with Crippen LogP contribution in [0, 0.1) is 0 Å². The normalized spacial score (nSPS) is 24.4. The van der Waals surface area contributed by atoms with Crippen molar-refractivity contribution in [2.24, 2.45) is 0 Å². The molecule has 36 heavy (non-hydrogen) atoms. The van der Waals surface area contributed by atoms with Crippen molar-refractivity contribution in [1.82, 2.24) is 29.5 Å². The number of aromatic nitrogens is 5. The number of halogens is 1. The second kappa shape index (κ2) is 9.12. The number of amides is 1. The highest BCUT2D eigenvalue weighted by Gasteiger charge is 2.31. The molecule has 4 atom stereocenters. The third-order valence-corrected chi connectivity index (χ3v) is 6.83. The van der Waals surface area contributed by atoms with Crippen molar-refractivity contribution in [2.75, 3.05) is 38.8 Å². The van der Waals surface area contributed by atoms with Crippen LogP contribution in [0.1, 0.15) is 22.8 Å². The summed E-state index contributed by atoms with van der Waals surface area (Å²) in [6.45, 7) is 0.994. The van der Waals surface area contributed by atoms with Gasteiger partial charge in [-0.1, -0.05) is 0 Å². The van der Waals surface area contributed by atoms with Crippen molar-refractivity contribution in [1.29, 1.82) is 0 Å². The van der Waals surface area contributed by atoms with Crippen LogP contribution in [-0.2, 0) is 9.47 Å². The summed E-state index contributed by atoms with van der Waals surface area (Å²) < 4.78 is 28.6. The highest BCUT2D eigenvalue weighted by molar-refractivity contribution is 6.00. The van der Waals surface area contributed by atoms with Gasteiger partial charge < -0.3 is 29.8 Å². The van der Waals surface area contributed by atoms with Crippen LogP contribution >= 0.6 is 0 Å². The standard InChI is InChI=1S/C24H26FN7O4/c1-26-21-7-17(29-23-15(9-28-32(21)23)24(34)30-18-11-36-12-20(18)33)14-8-27-22-13(14)3-2-5-31(22)19-4-6-35-10-16(19)25/h2-3,5,7-9,16,18-20,26,33H,4,6,10-12H2,1H3,(H,30,34)/t16-,18-,19+,20+/m0/s1. The molecule has 0 unspecified atom stereocenters. The number of nitrogens with one attached hydrogen (secondary N) is 2. The maximum atomic E-state index is 14.7. The van der Waals surface area contributed by atoms with Gasteiger partial charge in [-0.3, -0.25) is 4.79 Å². The Morgan fingerprint density at radius 1 is 1.22 bits per heavy atom. The highest BCUT2D eigenvalue weighted by Crippen LogP contribution is 2.37. The second-order valence-corrected chi connectivity index (χ2v) is 9.03. The third-order valence-electron chi connectivity index (χ3n) is 6.83. The van der Waals surface area contributed by atoms with Crippen LogP contribution in [-0.4, -0.2) is 87.0 Å². The maximum Gasteiger partial charge on any atom is 0.257 e. The minimum absolute atomic E-state index is 0.0709. The smallest absolute Gasteiger partial charge is 0.257 e. The van der Waals surface area contributed by atoms with Crippen molar-refractivity contribution < 1.29 is 23.8 Å². The van der Waals surface area contributed by atoms with Crippen LogP contribution in [0.5, 0.6) is 0 Å². The molecule has 11 nitrogen and oxygen atoms in total. The van der Waals surface area contributed by atoms with E-state index in [1.54, 1.807) is 17.8 Å². The van der Waals surface area contributed by atoms with Gasteiger partial charge in [0, 0.05) is 43.2 Å². The first-order chi connectivity index (χ1) is 17.5. The minimum atomic E-state index is -1.11. The van der Waals surface area contributed by atoms with E-state index in [1.165, 1.54) is 6.20 Å². The molecule has 2 saturated heterocycles. The Bertz CT molecular complexity index is 1390. The van der Waals surface area contributed by atoms with Crippen LogP contribution in [0.15, 0.2) is 36.8 Å². The number of carbonyl (C=O) groups excluding carboxylic acids is 1. The lowest BCUT2D eigenvalue weighted by atomic mass is 10.0. The van der Waals surface area contributed by atoms with Crippen molar-refractivity contribution in [3.8, 4) is 22.6 Å². The van der Waals surface area contributed by atoms with Gasteiger partial charge in [0.25, 0.3) is 5.91 Å². The molecule has 0 spiro atoms. The number of aliphatic hydroxyl groups excluding tert-OH is 1. The molecule has 1 amide bonds. The molecule has 0 saturated carbocycles. The first-order valence-electron chi connectivity index (χ1n) is 11.9. The predicted octanol–water partition coefficient (Wildman–Crippen LogP) is 1.53. The molecule has 2 fully saturated rings. The van der Waals surface area contributed by atoms with Crippen molar-refractivity contribution in [3.05, 3.63) is 42.4 Å². The van der Waals surface area contributed by atoms with E-state index in [0.29, 0.717) is 36.0 Å². The molecule has 188 valence electrons. The van der Waals surface area contributed by atoms with Crippen LogP contribution in [0.25, 0.3) is 28.3 Å². The number of nitrogens with zero attached hydrogens (tertiary/aromatic N) is 5. The van der Waals surface area contributed by atoms with E-state index in [2.05, 4.69) is 20.7 Å². The minimum Gasteiger partial charge on any atom is -0.388 e. The average Bonchev–Trinajstić information content (AvgIpc) is 3.62. The van der Waals surface area contributed by atoms with Crippen LogP contribution < -0.4 is 10.6 Å². The summed E-state index contributed by atoms with van der Waals surface area (Å²) in [4.78, 5) is 22.4. The molecule has 4 aliphatic rings. The van der Waals surface area contributed by atoms with E-state index < -0.39 is 24.2 Å². The predicted molar refractivity (Wildman–Crippen MR) is 128 cm³/mol. The molecule has 2 aromatic heterocycles. The van der Waals surface area contributed by atoms with E-state index in [0.717, 1.165) is 11.1 Å². The van der Waals surface area contributed by atoms with Crippen LogP contribution in [0.3, 0.4) is 0 Å². The molecule has 0 bridgehead atoms. The number of ether oxygens (including phenoxy) is 2. The van der Waals surface area contributed by atoms with Crippen LogP contribution in [0.4, 0.5) is 10.2 Å². The summed E-state index contributed by atoms with van der Waals surface area (Å²) in [6.07, 6.45) is 3.70. The van der Waals surface area contributed by atoms with Gasteiger partial charge in [-0.25, -0.2) is 14.4 Å². The molecule has 6 heterocycles. The van der Waals surface area contributed by atoms with E-state index in [-0.39, 0.29) is 31.4 Å². The molecule has 0 aliphatic carbocycles. The summed E-state index contributed by atoms with van der Waals surface area (Å²) >= 11 is 0. The monoisotopic (exact) mass is 495 g/mol. The van der Waals surface area contributed by atoms with Crippen molar-refractivity contribution in [2.45, 2.75) is 30.8 Å². The zero-order valence-electron chi connectivity index (χ0n) is 19.6. The SMILES string of the molecule is CNc1cc(-c2cnc3n([C@@H]4CCOC[C@@H]4F)cccc2-3)nc2c(C(=O)N[C@H]3COC[C@H]3O)cnn12. The molecular formula is C24H26FN7O4. The summed E-state index contributed by atoms with van der Waals surface area (Å²) in [7, 11) is 1.76. The lowest BCUT2D eigenvalue weighted by Crippen LogP contribution is -2.42. The Morgan fingerprint density at radius 2 is 2.11 bits per heavy atom. The molecule has 6 rings (SSSR count). The van der Waals surface area contributed by atoms with Gasteiger partial charge in [0.05, 0.1) is 49.9 Å². The number of fused-ring (bicyclic) bond motifs is 2. The molecule has 0 radical (unpaired) electrons. The highest BCUT2D eigenvalue weighted by atomic mass is 19.1. The molecule has 4 aliphatic heterocycles. The third kappa shape index (κ3) is 3.77. The molecule has 0 aromatic carbocycles. The number of alkyl halides is 1.